The van der Waals surface area contributed by atoms with Crippen LogP contribution >= 0.6 is 36.4 Å². The Labute approximate surface area is 309 Å². The maximum Gasteiger partial charge on any atom is 0.335 e. The van der Waals surface area contributed by atoms with E-state index in [2.05, 4.69) is 20.3 Å². The Balaban J connectivity index is 0.00000224. The first-order valence-corrected chi connectivity index (χ1v) is 16.6. The van der Waals surface area contributed by atoms with Crippen molar-refractivity contribution in [2.45, 2.75) is 45.3 Å². The van der Waals surface area contributed by atoms with Crippen LogP contribution in [0.5, 0.6) is 0 Å². The minimum Gasteiger partial charge on any atom is -0.332 e. The van der Waals surface area contributed by atoms with E-state index in [9.17, 15) is 14.9 Å². The summed E-state index contributed by atoms with van der Waals surface area (Å²) in [5.74, 6) is -0.612. The lowest BCUT2D eigenvalue weighted by Gasteiger charge is -2.29. The second kappa shape index (κ2) is 14.4. The predicted molar refractivity (Wildman–Crippen MR) is 197 cm³/mol. The Bertz CT molecular complexity index is 2390. The van der Waals surface area contributed by atoms with E-state index < -0.39 is 5.82 Å². The van der Waals surface area contributed by atoms with Crippen LogP contribution in [-0.2, 0) is 19.5 Å². The topological polar surface area (TPSA) is 127 Å². The molecule has 1 amide bonds. The zero-order chi connectivity index (χ0) is 33.8. The summed E-state index contributed by atoms with van der Waals surface area (Å²) >= 11 is 6.26. The molecule has 0 aliphatic carbocycles. The number of halogens is 4. The summed E-state index contributed by atoms with van der Waals surface area (Å²) in [5, 5.41) is 13.6. The molecule has 1 saturated heterocycles. The summed E-state index contributed by atoms with van der Waals surface area (Å²) in [5.41, 5.74) is 5.97. The molecule has 2 aliphatic heterocycles. The highest BCUT2D eigenvalue weighted by Crippen LogP contribution is 2.32. The van der Waals surface area contributed by atoms with E-state index in [1.54, 1.807) is 56.6 Å². The number of aryl methyl sites for hydroxylation is 1. The van der Waals surface area contributed by atoms with Crippen LogP contribution in [0.1, 0.15) is 57.3 Å². The molecule has 0 bridgehead atoms. The van der Waals surface area contributed by atoms with E-state index in [1.165, 1.54) is 6.07 Å². The molecule has 8 rings (SSSR count). The van der Waals surface area contributed by atoms with Crippen molar-refractivity contribution in [1.29, 1.82) is 5.26 Å². The highest BCUT2D eigenvalue weighted by Gasteiger charge is 2.29. The first kappa shape index (κ1) is 36.0. The van der Waals surface area contributed by atoms with E-state index in [-0.39, 0.29) is 59.8 Å². The standard InChI is InChI=1S/C36H31ClFN9O2.2ClH/c1-21-31-33(43-35(37)42-21)47(26-10-14-40-15-11-26)36(49)46(31)25-8-6-23(7-9-25)34(48)44-16-12-27-28-3-2-13-41-32(28)45(30(27)20-44)19-24-5-4-22(18-39)17-29(24)38;;/h2-9,13,17,26,40H,10-12,14-16,19-20H2,1H3;2*1H. The summed E-state index contributed by atoms with van der Waals surface area (Å²) in [6.45, 7) is 4.47. The maximum absolute atomic E-state index is 15.0. The zero-order valence-corrected chi connectivity index (χ0v) is 29.9. The predicted octanol–water partition coefficient (Wildman–Crippen LogP) is 5.92. The third-order valence-electron chi connectivity index (χ3n) is 9.72. The van der Waals surface area contributed by atoms with Crippen LogP contribution in [0.25, 0.3) is 27.9 Å². The number of aromatic nitrogens is 6. The van der Waals surface area contributed by atoms with Gasteiger partial charge in [0.15, 0.2) is 5.65 Å². The molecular formula is C36H33Cl3FN9O2. The summed E-state index contributed by atoms with van der Waals surface area (Å²) in [6.07, 6.45) is 3.92. The number of imidazole rings is 1. The molecule has 0 radical (unpaired) electrons. The van der Waals surface area contributed by atoms with Gasteiger partial charge in [-0.1, -0.05) is 6.07 Å². The lowest BCUT2D eigenvalue weighted by molar-refractivity contribution is 0.0730. The molecule has 15 heteroatoms. The Morgan fingerprint density at radius 1 is 1.08 bits per heavy atom. The van der Waals surface area contributed by atoms with Gasteiger partial charge >= 0.3 is 5.69 Å². The van der Waals surface area contributed by atoms with Gasteiger partial charge in [-0.05, 0) is 105 Å². The second-order valence-electron chi connectivity index (χ2n) is 12.5. The average molecular weight is 749 g/mol. The van der Waals surface area contributed by atoms with Gasteiger partial charge in [0.05, 0.1) is 36.1 Å². The van der Waals surface area contributed by atoms with Gasteiger partial charge in [0.25, 0.3) is 5.91 Å². The number of benzene rings is 2. The molecule has 11 nitrogen and oxygen atoms in total. The van der Waals surface area contributed by atoms with E-state index in [4.69, 9.17) is 11.6 Å². The molecule has 2 aromatic carbocycles. The number of hydrogen-bond donors (Lipinski definition) is 1. The van der Waals surface area contributed by atoms with Gasteiger partial charge in [-0.25, -0.2) is 19.2 Å². The van der Waals surface area contributed by atoms with E-state index in [1.807, 2.05) is 29.7 Å². The third kappa shape index (κ3) is 6.25. The number of carbonyl (C=O) groups excluding carboxylic acids is 1. The van der Waals surface area contributed by atoms with Crippen molar-refractivity contribution >= 4 is 64.5 Å². The monoisotopic (exact) mass is 747 g/mol. The molecule has 262 valence electrons. The number of carbonyl (C=O) groups is 1. The first-order valence-electron chi connectivity index (χ1n) is 16.2. The van der Waals surface area contributed by atoms with Crippen LogP contribution in [0.15, 0.2) is 65.6 Å². The molecule has 0 unspecified atom stereocenters. The van der Waals surface area contributed by atoms with Crippen LogP contribution in [0, 0.1) is 24.1 Å². The molecule has 0 saturated carbocycles. The van der Waals surface area contributed by atoms with Crippen molar-refractivity contribution in [3.63, 3.8) is 0 Å². The van der Waals surface area contributed by atoms with Gasteiger partial charge in [-0.15, -0.1) is 24.8 Å². The maximum atomic E-state index is 15.0. The molecule has 0 atom stereocenters. The van der Waals surface area contributed by atoms with Crippen molar-refractivity contribution in [3.8, 4) is 11.8 Å². The molecule has 6 aromatic rings. The molecule has 4 aromatic heterocycles. The van der Waals surface area contributed by atoms with Crippen molar-refractivity contribution in [2.75, 3.05) is 19.6 Å². The summed E-state index contributed by atoms with van der Waals surface area (Å²) in [4.78, 5) is 43.2. The van der Waals surface area contributed by atoms with Crippen molar-refractivity contribution < 1.29 is 9.18 Å². The Hall–Kier alpha value is -4.80. The van der Waals surface area contributed by atoms with Crippen LogP contribution in [0.4, 0.5) is 4.39 Å². The molecule has 1 fully saturated rings. The van der Waals surface area contributed by atoms with Gasteiger partial charge in [-0.3, -0.25) is 13.9 Å². The van der Waals surface area contributed by atoms with Crippen molar-refractivity contribution in [3.05, 3.63) is 116 Å². The molecule has 1 N–H and O–H groups in total. The summed E-state index contributed by atoms with van der Waals surface area (Å²) in [7, 11) is 0. The number of fused-ring (bicyclic) bond motifs is 4. The number of amides is 1. The zero-order valence-electron chi connectivity index (χ0n) is 27.5. The van der Waals surface area contributed by atoms with Crippen molar-refractivity contribution in [1.82, 2.24) is 38.9 Å². The number of piperidine rings is 1. The lowest BCUT2D eigenvalue weighted by Crippen LogP contribution is -2.36. The molecular weight excluding hydrogens is 716 g/mol. The van der Waals surface area contributed by atoms with Crippen LogP contribution < -0.4 is 11.0 Å². The molecule has 6 heterocycles. The highest BCUT2D eigenvalue weighted by atomic mass is 35.5. The smallest absolute Gasteiger partial charge is 0.332 e. The van der Waals surface area contributed by atoms with Crippen molar-refractivity contribution in [2.24, 2.45) is 0 Å². The first-order chi connectivity index (χ1) is 23.8. The lowest BCUT2D eigenvalue weighted by atomic mass is 10.0. The summed E-state index contributed by atoms with van der Waals surface area (Å²) < 4.78 is 20.3. The minimum atomic E-state index is -0.461. The van der Waals surface area contributed by atoms with E-state index >= 15 is 4.39 Å². The quantitative estimate of drug-likeness (QED) is 0.217. The largest absolute Gasteiger partial charge is 0.335 e. The fourth-order valence-corrected chi connectivity index (χ4v) is 7.54. The number of nitrogens with one attached hydrogen (secondary N) is 1. The number of nitriles is 1. The minimum absolute atomic E-state index is 0. The molecule has 0 spiro atoms. The second-order valence-corrected chi connectivity index (χ2v) is 12.9. The van der Waals surface area contributed by atoms with E-state index in [0.29, 0.717) is 53.2 Å². The van der Waals surface area contributed by atoms with Crippen LogP contribution in [0.2, 0.25) is 5.28 Å². The van der Waals surface area contributed by atoms with Gasteiger partial charge in [0.2, 0.25) is 5.28 Å². The number of hydrogen-bond acceptors (Lipinski definition) is 7. The normalized spacial score (nSPS) is 14.5. The average Bonchev–Trinajstić information content (AvgIpc) is 3.59. The van der Waals surface area contributed by atoms with Gasteiger partial charge < -0.3 is 14.8 Å². The fourth-order valence-electron chi connectivity index (χ4n) is 7.33. The Kier molecular flexibility index (Phi) is 10.2. The number of rotatable bonds is 5. The van der Waals surface area contributed by atoms with Gasteiger partial charge in [-0.2, -0.15) is 10.2 Å². The van der Waals surface area contributed by atoms with Crippen LogP contribution in [-0.4, -0.2) is 59.1 Å². The fraction of sp³-hybridized carbons (Fsp3) is 0.278. The highest BCUT2D eigenvalue weighted by molar-refractivity contribution is 6.28. The Morgan fingerprint density at radius 3 is 2.57 bits per heavy atom. The SMILES string of the molecule is Cc1nc(Cl)nc2c1n(-c1ccc(C(=O)N3CCc4c(n(Cc5ccc(C#N)cc5F)c5ncccc45)C3)cc1)c(=O)n2C1CCNCC1.Cl.Cl. The molecule has 2 aliphatic rings. The summed E-state index contributed by atoms with van der Waals surface area (Å²) in [6, 6.07) is 17.3. The van der Waals surface area contributed by atoms with Crippen LogP contribution in [0.3, 0.4) is 0 Å². The number of pyridine rings is 1. The van der Waals surface area contributed by atoms with Gasteiger partial charge in [0.1, 0.15) is 17.0 Å². The third-order valence-corrected chi connectivity index (χ3v) is 9.89. The van der Waals surface area contributed by atoms with Gasteiger partial charge in [0, 0.05) is 41.0 Å². The Morgan fingerprint density at radius 2 is 1.84 bits per heavy atom. The molecule has 51 heavy (non-hydrogen) atoms. The van der Waals surface area contributed by atoms with E-state index in [0.717, 1.165) is 48.2 Å². The number of nitrogens with zero attached hydrogens (tertiary/aromatic N) is 8.